The summed E-state index contributed by atoms with van der Waals surface area (Å²) in [6.45, 7) is 5.21. The highest BCUT2D eigenvalue weighted by Gasteiger charge is 2.14. The van der Waals surface area contributed by atoms with Gasteiger partial charge in [-0.1, -0.05) is 67.8 Å². The summed E-state index contributed by atoms with van der Waals surface area (Å²) in [4.78, 5) is 14.3. The fourth-order valence-corrected chi connectivity index (χ4v) is 2.85. The van der Waals surface area contributed by atoms with Crippen LogP contribution in [-0.4, -0.2) is 9.78 Å². The summed E-state index contributed by atoms with van der Waals surface area (Å²) < 4.78 is 1.37. The smallest absolute Gasteiger partial charge is 0.287 e. The molecule has 0 N–H and O–H groups in total. The Bertz CT molecular complexity index is 740. The van der Waals surface area contributed by atoms with Crippen molar-refractivity contribution in [3.8, 4) is 0 Å². The number of halogens is 1. The number of hydrogen-bond acceptors (Lipinski definition) is 3. The molecule has 0 fully saturated rings. The third kappa shape index (κ3) is 5.46. The van der Waals surface area contributed by atoms with Crippen molar-refractivity contribution < 1.29 is 0 Å². The first kappa shape index (κ1) is 19.3. The first-order valence-corrected chi connectivity index (χ1v) is 9.28. The van der Waals surface area contributed by atoms with Gasteiger partial charge in [-0.2, -0.15) is 5.10 Å². The quantitative estimate of drug-likeness (QED) is 0.590. The molecular formula is C20H26ClN3O. The second-order valence-electron chi connectivity index (χ2n) is 5.96. The zero-order valence-corrected chi connectivity index (χ0v) is 15.7. The second kappa shape index (κ2) is 10.0. The third-order valence-electron chi connectivity index (χ3n) is 4.03. The van der Waals surface area contributed by atoms with Crippen LogP contribution in [0, 0.1) is 0 Å². The lowest BCUT2D eigenvalue weighted by Crippen LogP contribution is -2.26. The van der Waals surface area contributed by atoms with Crippen LogP contribution < -0.4 is 10.5 Å². The van der Waals surface area contributed by atoms with Crippen LogP contribution in [0.5, 0.6) is 0 Å². The Labute approximate surface area is 154 Å². The van der Waals surface area contributed by atoms with E-state index in [1.54, 1.807) is 6.20 Å². The van der Waals surface area contributed by atoms with Gasteiger partial charge in [0.1, 0.15) is 5.02 Å². The highest BCUT2D eigenvalue weighted by atomic mass is 35.5. The topological polar surface area (TPSA) is 38.1 Å². The van der Waals surface area contributed by atoms with Crippen molar-refractivity contribution in [3.05, 3.63) is 69.7 Å². The lowest BCUT2D eigenvalue weighted by atomic mass is 10.2. The van der Waals surface area contributed by atoms with Crippen LogP contribution in [0.1, 0.15) is 45.1 Å². The van der Waals surface area contributed by atoms with Crippen molar-refractivity contribution in [1.29, 1.82) is 0 Å². The summed E-state index contributed by atoms with van der Waals surface area (Å²) >= 11 is 6.35. The summed E-state index contributed by atoms with van der Waals surface area (Å²) in [6, 6.07) is 10.1. The van der Waals surface area contributed by atoms with E-state index in [9.17, 15) is 4.79 Å². The van der Waals surface area contributed by atoms with Crippen LogP contribution in [0.4, 0.5) is 5.69 Å². The van der Waals surface area contributed by atoms with Crippen molar-refractivity contribution in [1.82, 2.24) is 9.78 Å². The third-order valence-corrected chi connectivity index (χ3v) is 4.39. The molecule has 1 heterocycles. The van der Waals surface area contributed by atoms with Gasteiger partial charge in [-0.3, -0.25) is 4.79 Å². The lowest BCUT2D eigenvalue weighted by Gasteiger charge is -2.22. The maximum absolute atomic E-state index is 12.3. The van der Waals surface area contributed by atoms with Gasteiger partial charge >= 0.3 is 0 Å². The van der Waals surface area contributed by atoms with Crippen LogP contribution in [0.3, 0.4) is 0 Å². The van der Waals surface area contributed by atoms with E-state index < -0.39 is 0 Å². The van der Waals surface area contributed by atoms with Gasteiger partial charge < -0.3 is 4.90 Å². The Morgan fingerprint density at radius 2 is 1.96 bits per heavy atom. The van der Waals surface area contributed by atoms with E-state index in [0.29, 0.717) is 18.8 Å². The summed E-state index contributed by atoms with van der Waals surface area (Å²) in [7, 11) is 0. The normalized spacial score (nSPS) is 11.2. The molecule has 0 saturated carbocycles. The molecule has 1 aromatic heterocycles. The van der Waals surface area contributed by atoms with Crippen LogP contribution in [0.2, 0.25) is 5.02 Å². The Hall–Kier alpha value is -2.07. The molecule has 5 heteroatoms. The fraction of sp³-hybridized carbons (Fsp3) is 0.400. The molecule has 0 radical (unpaired) electrons. The number of rotatable bonds is 9. The molecule has 4 nitrogen and oxygen atoms in total. The van der Waals surface area contributed by atoms with Crippen molar-refractivity contribution in [3.63, 3.8) is 0 Å². The minimum Gasteiger partial charge on any atom is -0.341 e. The van der Waals surface area contributed by atoms with Crippen LogP contribution in [0.15, 0.2) is 53.6 Å². The number of unbranched alkanes of at least 4 members (excludes halogenated alkanes) is 3. The molecule has 134 valence electrons. The summed E-state index contributed by atoms with van der Waals surface area (Å²) in [5.41, 5.74) is 1.54. The predicted molar refractivity (Wildman–Crippen MR) is 105 cm³/mol. The number of benzene rings is 1. The van der Waals surface area contributed by atoms with Crippen molar-refractivity contribution in [2.45, 2.75) is 52.6 Å². The molecule has 0 aliphatic carbocycles. The monoisotopic (exact) mass is 359 g/mol. The van der Waals surface area contributed by atoms with E-state index in [-0.39, 0.29) is 10.6 Å². The second-order valence-corrected chi connectivity index (χ2v) is 6.34. The number of aryl methyl sites for hydroxylation is 1. The Balaban J connectivity index is 2.27. The van der Waals surface area contributed by atoms with E-state index >= 15 is 0 Å². The van der Waals surface area contributed by atoms with Gasteiger partial charge in [0, 0.05) is 19.3 Å². The standard InChI is InChI=1S/C20H26ClN3O/c1-3-5-6-7-11-14-23(16-17-12-9-8-10-13-17)18-15-22-24(4-2)20(25)19(18)21/h8-15H,3-7,16H2,1-2H3. The first-order valence-electron chi connectivity index (χ1n) is 8.90. The maximum atomic E-state index is 12.3. The highest BCUT2D eigenvalue weighted by molar-refractivity contribution is 6.33. The van der Waals surface area contributed by atoms with Gasteiger partial charge in [0.2, 0.25) is 0 Å². The summed E-state index contributed by atoms with van der Waals surface area (Å²) in [5.74, 6) is 0. The number of hydrogen-bond donors (Lipinski definition) is 0. The predicted octanol–water partition coefficient (Wildman–Crippen LogP) is 5.02. The highest BCUT2D eigenvalue weighted by Crippen LogP contribution is 2.23. The molecule has 2 aromatic rings. The van der Waals surface area contributed by atoms with E-state index in [1.807, 2.05) is 36.2 Å². The zero-order valence-electron chi connectivity index (χ0n) is 15.0. The van der Waals surface area contributed by atoms with Gasteiger partial charge in [0.25, 0.3) is 5.56 Å². The SMILES string of the molecule is CCCCCC=CN(Cc1ccccc1)c1cnn(CC)c(=O)c1Cl. The molecule has 0 spiro atoms. The average Bonchev–Trinajstić information content (AvgIpc) is 2.64. The molecule has 1 aromatic carbocycles. The van der Waals surface area contributed by atoms with Gasteiger partial charge in [-0.05, 0) is 25.3 Å². The number of aromatic nitrogens is 2. The first-order chi connectivity index (χ1) is 12.2. The summed E-state index contributed by atoms with van der Waals surface area (Å²) in [6.07, 6.45) is 10.4. The Morgan fingerprint density at radius 3 is 2.64 bits per heavy atom. The lowest BCUT2D eigenvalue weighted by molar-refractivity contribution is 0.614. The van der Waals surface area contributed by atoms with Crippen molar-refractivity contribution in [2.75, 3.05) is 4.90 Å². The largest absolute Gasteiger partial charge is 0.341 e. The molecule has 0 unspecified atom stereocenters. The van der Waals surface area contributed by atoms with Crippen LogP contribution in [-0.2, 0) is 13.1 Å². The number of nitrogens with zero attached hydrogens (tertiary/aromatic N) is 3. The molecular weight excluding hydrogens is 334 g/mol. The van der Waals surface area contributed by atoms with Gasteiger partial charge in [-0.15, -0.1) is 0 Å². The zero-order chi connectivity index (χ0) is 18.1. The van der Waals surface area contributed by atoms with E-state index in [0.717, 1.165) is 18.4 Å². The molecule has 0 aliphatic rings. The molecule has 0 saturated heterocycles. The minimum atomic E-state index is -0.251. The minimum absolute atomic E-state index is 0.214. The average molecular weight is 360 g/mol. The van der Waals surface area contributed by atoms with Crippen molar-refractivity contribution in [2.24, 2.45) is 0 Å². The van der Waals surface area contributed by atoms with Crippen LogP contribution >= 0.6 is 11.6 Å². The molecule has 0 atom stereocenters. The Kier molecular flexibility index (Phi) is 7.74. The number of allylic oxidation sites excluding steroid dienone is 1. The molecule has 2 rings (SSSR count). The maximum Gasteiger partial charge on any atom is 0.287 e. The summed E-state index contributed by atoms with van der Waals surface area (Å²) in [5, 5.41) is 4.44. The van der Waals surface area contributed by atoms with E-state index in [2.05, 4.69) is 30.2 Å². The molecule has 0 aliphatic heterocycles. The van der Waals surface area contributed by atoms with Gasteiger partial charge in [-0.25, -0.2) is 4.68 Å². The van der Waals surface area contributed by atoms with Gasteiger partial charge in [0.05, 0.1) is 11.9 Å². The van der Waals surface area contributed by atoms with Crippen LogP contribution in [0.25, 0.3) is 0 Å². The van der Waals surface area contributed by atoms with Gasteiger partial charge in [0.15, 0.2) is 0 Å². The van der Waals surface area contributed by atoms with E-state index in [4.69, 9.17) is 11.6 Å². The van der Waals surface area contributed by atoms with Crippen molar-refractivity contribution >= 4 is 17.3 Å². The fourth-order valence-electron chi connectivity index (χ4n) is 2.59. The Morgan fingerprint density at radius 1 is 1.20 bits per heavy atom. The molecule has 25 heavy (non-hydrogen) atoms. The molecule has 0 bridgehead atoms. The number of anilines is 1. The van der Waals surface area contributed by atoms with E-state index in [1.165, 1.54) is 17.5 Å². The molecule has 0 amide bonds.